The summed E-state index contributed by atoms with van der Waals surface area (Å²) in [4.78, 5) is 12.4. The molecule has 7 nitrogen and oxygen atoms in total. The Hall–Kier alpha value is -3.48. The fraction of sp³-hybridized carbons (Fsp3) is 0.158. The van der Waals surface area contributed by atoms with Gasteiger partial charge in [0.1, 0.15) is 19.0 Å². The van der Waals surface area contributed by atoms with Gasteiger partial charge >= 0.3 is 0 Å². The van der Waals surface area contributed by atoms with E-state index in [2.05, 4.69) is 10.5 Å². The Labute approximate surface area is 149 Å². The van der Waals surface area contributed by atoms with E-state index in [0.29, 0.717) is 41.9 Å². The second-order valence-electron chi connectivity index (χ2n) is 5.62. The summed E-state index contributed by atoms with van der Waals surface area (Å²) >= 11 is 0. The summed E-state index contributed by atoms with van der Waals surface area (Å²) in [7, 11) is 1.59. The van der Waals surface area contributed by atoms with Crippen molar-refractivity contribution in [3.05, 3.63) is 54.2 Å². The van der Waals surface area contributed by atoms with Gasteiger partial charge in [-0.25, -0.2) is 0 Å². The molecule has 2 aromatic carbocycles. The Balaban J connectivity index is 1.51. The van der Waals surface area contributed by atoms with Crippen molar-refractivity contribution in [1.29, 1.82) is 0 Å². The topological polar surface area (TPSA) is 82.8 Å². The van der Waals surface area contributed by atoms with Crippen LogP contribution in [0, 0.1) is 0 Å². The van der Waals surface area contributed by atoms with E-state index in [-0.39, 0.29) is 11.6 Å². The SMILES string of the molecule is COc1cccc(-c2cc(C(=O)Nc3ccc4c(c3)OCCO4)no2)c1. The number of carbonyl (C=O) groups is 1. The van der Waals surface area contributed by atoms with E-state index in [4.69, 9.17) is 18.7 Å². The van der Waals surface area contributed by atoms with Crippen molar-refractivity contribution in [2.45, 2.75) is 0 Å². The predicted molar refractivity (Wildman–Crippen MR) is 93.9 cm³/mol. The lowest BCUT2D eigenvalue weighted by Gasteiger charge is -2.18. The molecule has 3 aromatic rings. The van der Waals surface area contributed by atoms with Crippen LogP contribution in [0.4, 0.5) is 5.69 Å². The molecule has 0 unspecified atom stereocenters. The number of rotatable bonds is 4. The van der Waals surface area contributed by atoms with Crippen LogP contribution in [0.3, 0.4) is 0 Å². The number of fused-ring (bicyclic) bond motifs is 1. The Morgan fingerprint density at radius 1 is 1.08 bits per heavy atom. The Morgan fingerprint density at radius 2 is 1.92 bits per heavy atom. The molecule has 1 N–H and O–H groups in total. The minimum absolute atomic E-state index is 0.178. The third-order valence-electron chi connectivity index (χ3n) is 3.90. The average Bonchev–Trinajstić information content (AvgIpc) is 3.18. The first kappa shape index (κ1) is 16.0. The van der Waals surface area contributed by atoms with Crippen LogP contribution in [0.25, 0.3) is 11.3 Å². The third-order valence-corrected chi connectivity index (χ3v) is 3.90. The molecule has 26 heavy (non-hydrogen) atoms. The average molecular weight is 352 g/mol. The number of nitrogens with zero attached hydrogens (tertiary/aromatic N) is 1. The van der Waals surface area contributed by atoms with E-state index in [1.807, 2.05) is 24.3 Å². The summed E-state index contributed by atoms with van der Waals surface area (Å²) in [5.74, 6) is 2.07. The molecule has 2 heterocycles. The Kier molecular flexibility index (Phi) is 4.18. The van der Waals surface area contributed by atoms with Crippen LogP contribution in [0.5, 0.6) is 17.2 Å². The van der Waals surface area contributed by atoms with Crippen LogP contribution < -0.4 is 19.5 Å². The lowest BCUT2D eigenvalue weighted by molar-refractivity contribution is 0.101. The van der Waals surface area contributed by atoms with Crippen molar-refractivity contribution < 1.29 is 23.5 Å². The van der Waals surface area contributed by atoms with Crippen LogP contribution in [0.2, 0.25) is 0 Å². The van der Waals surface area contributed by atoms with Crippen molar-refractivity contribution >= 4 is 11.6 Å². The molecular formula is C19H16N2O5. The number of carbonyl (C=O) groups excluding carboxylic acids is 1. The molecule has 1 aliphatic rings. The summed E-state index contributed by atoms with van der Waals surface area (Å²) in [5.41, 5.74) is 1.54. The number of benzene rings is 2. The van der Waals surface area contributed by atoms with Gasteiger partial charge in [-0.1, -0.05) is 17.3 Å². The van der Waals surface area contributed by atoms with Gasteiger partial charge in [-0.3, -0.25) is 4.79 Å². The number of amides is 1. The number of ether oxygens (including phenoxy) is 3. The zero-order valence-electron chi connectivity index (χ0n) is 14.0. The lowest BCUT2D eigenvalue weighted by Crippen LogP contribution is -2.16. The summed E-state index contributed by atoms with van der Waals surface area (Å²) in [6.07, 6.45) is 0. The molecule has 0 saturated carbocycles. The van der Waals surface area contributed by atoms with Crippen molar-refractivity contribution in [1.82, 2.24) is 5.16 Å². The minimum Gasteiger partial charge on any atom is -0.497 e. The van der Waals surface area contributed by atoms with E-state index in [1.54, 1.807) is 31.4 Å². The number of anilines is 1. The van der Waals surface area contributed by atoms with E-state index in [0.717, 1.165) is 5.56 Å². The van der Waals surface area contributed by atoms with Gasteiger partial charge in [-0.2, -0.15) is 0 Å². The molecule has 0 aliphatic carbocycles. The van der Waals surface area contributed by atoms with Gasteiger partial charge in [0.2, 0.25) is 0 Å². The Bertz CT molecular complexity index is 951. The number of aromatic nitrogens is 1. The molecular weight excluding hydrogens is 336 g/mol. The highest BCUT2D eigenvalue weighted by atomic mass is 16.6. The van der Waals surface area contributed by atoms with Crippen molar-refractivity contribution in [3.63, 3.8) is 0 Å². The maximum atomic E-state index is 12.4. The van der Waals surface area contributed by atoms with Gasteiger partial charge in [0.25, 0.3) is 5.91 Å². The number of nitrogens with one attached hydrogen (secondary N) is 1. The van der Waals surface area contributed by atoms with Gasteiger partial charge in [0.15, 0.2) is 23.0 Å². The molecule has 0 radical (unpaired) electrons. The minimum atomic E-state index is -0.375. The summed E-state index contributed by atoms with van der Waals surface area (Å²) in [6, 6.07) is 14.1. The normalized spacial score (nSPS) is 12.5. The highest BCUT2D eigenvalue weighted by Gasteiger charge is 2.16. The molecule has 0 saturated heterocycles. The van der Waals surface area contributed by atoms with Crippen molar-refractivity contribution in [2.24, 2.45) is 0 Å². The third kappa shape index (κ3) is 3.19. The molecule has 1 aromatic heterocycles. The number of hydrogen-bond donors (Lipinski definition) is 1. The maximum Gasteiger partial charge on any atom is 0.277 e. The molecule has 4 rings (SSSR count). The monoisotopic (exact) mass is 352 g/mol. The van der Waals surface area contributed by atoms with Crippen LogP contribution in [0.1, 0.15) is 10.5 Å². The molecule has 1 amide bonds. The molecule has 0 bridgehead atoms. The van der Waals surface area contributed by atoms with Crippen molar-refractivity contribution in [3.8, 4) is 28.6 Å². The van der Waals surface area contributed by atoms with Gasteiger partial charge < -0.3 is 24.1 Å². The Morgan fingerprint density at radius 3 is 2.77 bits per heavy atom. The highest BCUT2D eigenvalue weighted by Crippen LogP contribution is 2.32. The summed E-state index contributed by atoms with van der Waals surface area (Å²) in [6.45, 7) is 1.00. The van der Waals surface area contributed by atoms with Crippen LogP contribution in [0.15, 0.2) is 53.1 Å². The highest BCUT2D eigenvalue weighted by molar-refractivity contribution is 6.03. The van der Waals surface area contributed by atoms with Gasteiger partial charge in [0.05, 0.1) is 7.11 Å². The van der Waals surface area contributed by atoms with Crippen LogP contribution in [-0.4, -0.2) is 31.4 Å². The first-order chi connectivity index (χ1) is 12.7. The quantitative estimate of drug-likeness (QED) is 0.775. The first-order valence-electron chi connectivity index (χ1n) is 8.05. The second-order valence-corrected chi connectivity index (χ2v) is 5.62. The van der Waals surface area contributed by atoms with Gasteiger partial charge in [-0.05, 0) is 24.3 Å². The first-order valence-corrected chi connectivity index (χ1v) is 8.05. The zero-order valence-corrected chi connectivity index (χ0v) is 14.0. The molecule has 0 fully saturated rings. The van der Waals surface area contributed by atoms with E-state index in [9.17, 15) is 4.79 Å². The van der Waals surface area contributed by atoms with Crippen LogP contribution in [-0.2, 0) is 0 Å². The van der Waals surface area contributed by atoms with Gasteiger partial charge in [-0.15, -0.1) is 0 Å². The van der Waals surface area contributed by atoms with E-state index in [1.165, 1.54) is 0 Å². The number of hydrogen-bond acceptors (Lipinski definition) is 6. The van der Waals surface area contributed by atoms with Crippen LogP contribution >= 0.6 is 0 Å². The molecule has 7 heteroatoms. The van der Waals surface area contributed by atoms with Gasteiger partial charge in [0, 0.05) is 23.4 Å². The lowest BCUT2D eigenvalue weighted by atomic mass is 10.1. The summed E-state index contributed by atoms with van der Waals surface area (Å²) in [5, 5.41) is 6.62. The largest absolute Gasteiger partial charge is 0.497 e. The van der Waals surface area contributed by atoms with E-state index >= 15 is 0 Å². The van der Waals surface area contributed by atoms with E-state index < -0.39 is 0 Å². The number of methoxy groups -OCH3 is 1. The molecule has 1 aliphatic heterocycles. The maximum absolute atomic E-state index is 12.4. The fourth-order valence-electron chi connectivity index (χ4n) is 2.61. The zero-order chi connectivity index (χ0) is 17.9. The summed E-state index contributed by atoms with van der Waals surface area (Å²) < 4.78 is 21.5. The molecule has 132 valence electrons. The molecule has 0 atom stereocenters. The smallest absolute Gasteiger partial charge is 0.277 e. The standard InChI is InChI=1S/C19H16N2O5/c1-23-14-4-2-3-12(9-14)17-11-15(21-26-17)19(22)20-13-5-6-16-18(10-13)25-8-7-24-16/h2-6,9-11H,7-8H2,1H3,(H,20,22). The van der Waals surface area contributed by atoms with Crippen molar-refractivity contribution in [2.75, 3.05) is 25.6 Å². The second kappa shape index (κ2) is 6.79. The predicted octanol–water partition coefficient (Wildman–Crippen LogP) is 3.37. The fourth-order valence-corrected chi connectivity index (χ4v) is 2.61. The molecule has 0 spiro atoms.